The first-order valence-corrected chi connectivity index (χ1v) is 10.3. The normalized spacial score (nSPS) is 16.9. The molecule has 1 atom stereocenters. The van der Waals surface area contributed by atoms with Gasteiger partial charge in [0.2, 0.25) is 21.8 Å². The fourth-order valence-electron chi connectivity index (χ4n) is 2.99. The molecule has 2 amide bonds. The lowest BCUT2D eigenvalue weighted by molar-refractivity contribution is -0.122. The van der Waals surface area contributed by atoms with Crippen LogP contribution in [-0.4, -0.2) is 33.4 Å². The van der Waals surface area contributed by atoms with Gasteiger partial charge in [-0.25, -0.2) is 13.6 Å². The van der Waals surface area contributed by atoms with Crippen molar-refractivity contribution in [3.8, 4) is 5.75 Å². The van der Waals surface area contributed by atoms with E-state index in [1.165, 1.54) is 24.3 Å². The molecule has 2 aromatic rings. The van der Waals surface area contributed by atoms with E-state index < -0.39 is 15.9 Å². The van der Waals surface area contributed by atoms with Crippen LogP contribution in [-0.2, 0) is 19.6 Å². The second-order valence-electron chi connectivity index (χ2n) is 6.39. The summed E-state index contributed by atoms with van der Waals surface area (Å²) in [6.45, 7) is 2.72. The van der Waals surface area contributed by atoms with Crippen LogP contribution < -0.4 is 20.1 Å². The highest BCUT2D eigenvalue weighted by Crippen LogP contribution is 2.27. The van der Waals surface area contributed by atoms with E-state index in [4.69, 9.17) is 9.88 Å². The van der Waals surface area contributed by atoms with Crippen LogP contribution in [0, 0.1) is 5.92 Å². The lowest BCUT2D eigenvalue weighted by Gasteiger charge is -2.17. The first-order valence-electron chi connectivity index (χ1n) is 8.75. The van der Waals surface area contributed by atoms with Crippen LogP contribution in [0.3, 0.4) is 0 Å². The third-order valence-corrected chi connectivity index (χ3v) is 5.33. The van der Waals surface area contributed by atoms with Crippen LogP contribution in [0.2, 0.25) is 0 Å². The molecule has 0 aromatic heterocycles. The van der Waals surface area contributed by atoms with E-state index in [1.807, 2.05) is 6.92 Å². The third-order valence-electron chi connectivity index (χ3n) is 4.41. The van der Waals surface area contributed by atoms with Gasteiger partial charge in [-0.1, -0.05) is 0 Å². The molecular formula is C19H21N3O5S. The van der Waals surface area contributed by atoms with Gasteiger partial charge in [0.1, 0.15) is 5.75 Å². The zero-order chi connectivity index (χ0) is 20.3. The minimum Gasteiger partial charge on any atom is -0.494 e. The van der Waals surface area contributed by atoms with Gasteiger partial charge in [-0.3, -0.25) is 9.59 Å². The third kappa shape index (κ3) is 4.49. The number of ether oxygens (including phenoxy) is 1. The molecule has 1 aliphatic heterocycles. The minimum absolute atomic E-state index is 0.0387. The number of rotatable bonds is 6. The van der Waals surface area contributed by atoms with Crippen LogP contribution in [0.4, 0.5) is 11.4 Å². The fourth-order valence-corrected chi connectivity index (χ4v) is 3.51. The Bertz CT molecular complexity index is 972. The smallest absolute Gasteiger partial charge is 0.238 e. The van der Waals surface area contributed by atoms with E-state index in [2.05, 4.69) is 5.32 Å². The largest absolute Gasteiger partial charge is 0.494 e. The molecule has 3 rings (SSSR count). The van der Waals surface area contributed by atoms with Crippen LogP contribution in [0.5, 0.6) is 5.75 Å². The number of nitrogens with one attached hydrogen (secondary N) is 1. The number of amides is 2. The number of hydrogen-bond acceptors (Lipinski definition) is 5. The molecule has 3 N–H and O–H groups in total. The van der Waals surface area contributed by atoms with Gasteiger partial charge in [0.05, 0.1) is 17.4 Å². The molecular weight excluding hydrogens is 382 g/mol. The zero-order valence-electron chi connectivity index (χ0n) is 15.3. The summed E-state index contributed by atoms with van der Waals surface area (Å²) in [4.78, 5) is 26.4. The summed E-state index contributed by atoms with van der Waals surface area (Å²) in [6.07, 6.45) is 0.105. The van der Waals surface area contributed by atoms with E-state index in [1.54, 1.807) is 29.2 Å². The number of sulfonamides is 1. The SMILES string of the molecule is CCOc1ccc(N2CC(C(=O)Nc3ccc(S(N)(=O)=O)cc3)CC2=O)cc1. The summed E-state index contributed by atoms with van der Waals surface area (Å²) in [7, 11) is -3.79. The Balaban J connectivity index is 1.65. The lowest BCUT2D eigenvalue weighted by atomic mass is 10.1. The maximum absolute atomic E-state index is 12.5. The van der Waals surface area contributed by atoms with Crippen LogP contribution in [0.1, 0.15) is 13.3 Å². The van der Waals surface area contributed by atoms with Crippen LogP contribution in [0.15, 0.2) is 53.4 Å². The summed E-state index contributed by atoms with van der Waals surface area (Å²) in [5, 5.41) is 7.76. The van der Waals surface area contributed by atoms with Gasteiger partial charge in [0.25, 0.3) is 0 Å². The maximum atomic E-state index is 12.5. The topological polar surface area (TPSA) is 119 Å². The van der Waals surface area contributed by atoms with E-state index >= 15 is 0 Å². The van der Waals surface area contributed by atoms with Gasteiger partial charge < -0.3 is 15.0 Å². The average Bonchev–Trinajstić information content (AvgIpc) is 3.04. The fraction of sp³-hybridized carbons (Fsp3) is 0.263. The Morgan fingerprint density at radius 3 is 2.39 bits per heavy atom. The number of nitrogens with zero attached hydrogens (tertiary/aromatic N) is 1. The molecule has 28 heavy (non-hydrogen) atoms. The Labute approximate surface area is 163 Å². The van der Waals surface area contributed by atoms with Gasteiger partial charge in [0, 0.05) is 24.3 Å². The Hall–Kier alpha value is -2.91. The quantitative estimate of drug-likeness (QED) is 0.761. The molecule has 2 aromatic carbocycles. The number of carbonyl (C=O) groups is 2. The van der Waals surface area contributed by atoms with Crippen molar-refractivity contribution in [1.29, 1.82) is 0 Å². The van der Waals surface area contributed by atoms with Crippen LogP contribution >= 0.6 is 0 Å². The molecule has 0 radical (unpaired) electrons. The number of benzene rings is 2. The molecule has 0 saturated carbocycles. The Morgan fingerprint density at radius 2 is 1.82 bits per heavy atom. The van der Waals surface area contributed by atoms with Crippen molar-refractivity contribution < 1.29 is 22.7 Å². The number of nitrogens with two attached hydrogens (primary N) is 1. The van der Waals surface area contributed by atoms with Gasteiger partial charge in [-0.2, -0.15) is 0 Å². The highest BCUT2D eigenvalue weighted by Gasteiger charge is 2.35. The maximum Gasteiger partial charge on any atom is 0.238 e. The van der Waals surface area contributed by atoms with Crippen molar-refractivity contribution in [2.24, 2.45) is 11.1 Å². The van der Waals surface area contributed by atoms with Crippen LogP contribution in [0.25, 0.3) is 0 Å². The molecule has 1 aliphatic rings. The van der Waals surface area contributed by atoms with Crippen molar-refractivity contribution in [3.05, 3.63) is 48.5 Å². The summed E-state index contributed by atoms with van der Waals surface area (Å²) in [6, 6.07) is 12.7. The number of hydrogen-bond donors (Lipinski definition) is 2. The van der Waals surface area contributed by atoms with E-state index in [-0.39, 0.29) is 29.7 Å². The van der Waals surface area contributed by atoms with Crippen molar-refractivity contribution in [2.45, 2.75) is 18.2 Å². The Morgan fingerprint density at radius 1 is 1.18 bits per heavy atom. The molecule has 1 fully saturated rings. The molecule has 8 nitrogen and oxygen atoms in total. The van der Waals surface area contributed by atoms with Crippen molar-refractivity contribution in [1.82, 2.24) is 0 Å². The van der Waals surface area contributed by atoms with Crippen molar-refractivity contribution in [2.75, 3.05) is 23.4 Å². The predicted octanol–water partition coefficient (Wildman–Crippen LogP) is 1.72. The standard InChI is InChI=1S/C19H21N3O5S/c1-2-27-16-7-5-15(6-8-16)22-12-13(11-18(22)23)19(24)21-14-3-9-17(10-4-14)28(20,25)26/h3-10,13H,2,11-12H2,1H3,(H,21,24)(H2,20,25,26). The van der Waals surface area contributed by atoms with Gasteiger partial charge in [-0.05, 0) is 55.5 Å². The predicted molar refractivity (Wildman–Crippen MR) is 105 cm³/mol. The molecule has 0 spiro atoms. The van der Waals surface area contributed by atoms with Crippen molar-refractivity contribution in [3.63, 3.8) is 0 Å². The van der Waals surface area contributed by atoms with E-state index in [0.717, 1.165) is 5.75 Å². The second kappa shape index (κ2) is 7.99. The highest BCUT2D eigenvalue weighted by atomic mass is 32.2. The first kappa shape index (κ1) is 19.8. The molecule has 1 unspecified atom stereocenters. The molecule has 9 heteroatoms. The van der Waals surface area contributed by atoms with Gasteiger partial charge >= 0.3 is 0 Å². The zero-order valence-corrected chi connectivity index (χ0v) is 16.1. The van der Waals surface area contributed by atoms with Gasteiger partial charge in [-0.15, -0.1) is 0 Å². The Kier molecular flexibility index (Phi) is 5.66. The molecule has 1 heterocycles. The minimum atomic E-state index is -3.79. The molecule has 0 aliphatic carbocycles. The van der Waals surface area contributed by atoms with E-state index in [9.17, 15) is 18.0 Å². The summed E-state index contributed by atoms with van der Waals surface area (Å²) in [5.74, 6) is -0.217. The summed E-state index contributed by atoms with van der Waals surface area (Å²) >= 11 is 0. The molecule has 1 saturated heterocycles. The molecule has 0 bridgehead atoms. The molecule has 148 valence electrons. The highest BCUT2D eigenvalue weighted by molar-refractivity contribution is 7.89. The van der Waals surface area contributed by atoms with Crippen molar-refractivity contribution >= 4 is 33.2 Å². The number of carbonyl (C=O) groups excluding carboxylic acids is 2. The average molecular weight is 403 g/mol. The number of primary sulfonamides is 1. The summed E-state index contributed by atoms with van der Waals surface area (Å²) < 4.78 is 28.0. The second-order valence-corrected chi connectivity index (χ2v) is 7.95. The monoisotopic (exact) mass is 403 g/mol. The van der Waals surface area contributed by atoms with E-state index in [0.29, 0.717) is 18.0 Å². The van der Waals surface area contributed by atoms with Gasteiger partial charge in [0.15, 0.2) is 0 Å². The lowest BCUT2D eigenvalue weighted by Crippen LogP contribution is -2.28. The number of anilines is 2. The summed E-state index contributed by atoms with van der Waals surface area (Å²) in [5.41, 5.74) is 1.14. The first-order chi connectivity index (χ1) is 13.3.